The Morgan fingerprint density at radius 1 is 0.833 bits per heavy atom. The smallest absolute Gasteiger partial charge is 0.307 e. The molecule has 0 saturated heterocycles. The summed E-state index contributed by atoms with van der Waals surface area (Å²) in [7, 11) is 0. The molecule has 0 aromatic carbocycles. The van der Waals surface area contributed by atoms with Gasteiger partial charge in [0.05, 0.1) is 11.8 Å². The Labute approximate surface area is 99.6 Å². The van der Waals surface area contributed by atoms with E-state index in [0.29, 0.717) is 0 Å². The minimum Gasteiger partial charge on any atom is -0.481 e. The van der Waals surface area contributed by atoms with Crippen LogP contribution in [0.4, 0.5) is 17.6 Å². The number of halogens is 4. The average Bonchev–Trinajstić information content (AvgIpc) is 3.12. The average molecular weight is 272 g/mol. The molecule has 2 rings (SSSR count). The van der Waals surface area contributed by atoms with E-state index in [1.54, 1.807) is 0 Å². The van der Waals surface area contributed by atoms with Gasteiger partial charge in [0.2, 0.25) is 12.9 Å². The number of carbonyl (C=O) groups is 2. The molecule has 0 bridgehead atoms. The van der Waals surface area contributed by atoms with Gasteiger partial charge in [-0.15, -0.1) is 0 Å². The Hall–Kier alpha value is -1.34. The van der Waals surface area contributed by atoms with Crippen molar-refractivity contribution in [1.29, 1.82) is 0 Å². The highest BCUT2D eigenvalue weighted by atomic mass is 19.3. The zero-order valence-corrected chi connectivity index (χ0v) is 9.10. The van der Waals surface area contributed by atoms with E-state index >= 15 is 0 Å². The second-order valence-corrected chi connectivity index (χ2v) is 4.36. The maximum absolute atomic E-state index is 11.6. The van der Waals surface area contributed by atoms with Gasteiger partial charge in [0.1, 0.15) is 0 Å². The zero-order valence-electron chi connectivity index (χ0n) is 9.10. The molecule has 8 heteroatoms. The fraction of sp³-hybridized carbons (Fsp3) is 0.800. The molecule has 0 spiro atoms. The molecule has 2 fully saturated rings. The van der Waals surface area contributed by atoms with Crippen LogP contribution in [0.25, 0.3) is 0 Å². The van der Waals surface area contributed by atoms with E-state index in [-0.39, 0.29) is 12.8 Å². The lowest BCUT2D eigenvalue weighted by molar-refractivity contribution is -0.140. The second kappa shape index (κ2) is 5.53. The van der Waals surface area contributed by atoms with Gasteiger partial charge in [-0.25, -0.2) is 17.6 Å². The van der Waals surface area contributed by atoms with Crippen molar-refractivity contribution in [3.8, 4) is 0 Å². The highest BCUT2D eigenvalue weighted by molar-refractivity contribution is 5.73. The van der Waals surface area contributed by atoms with Crippen molar-refractivity contribution in [2.75, 3.05) is 0 Å². The SMILES string of the molecule is O=C(O)[C@@H]1C[C@@H]1C(F)F.O=C(O)[C@H]1C[C@H]1C(F)F. The molecule has 0 radical (unpaired) electrons. The quantitative estimate of drug-likeness (QED) is 0.767. The van der Waals surface area contributed by atoms with E-state index in [2.05, 4.69) is 0 Å². The first kappa shape index (κ1) is 14.7. The van der Waals surface area contributed by atoms with Gasteiger partial charge in [0.15, 0.2) is 0 Å². The summed E-state index contributed by atoms with van der Waals surface area (Å²) in [6.07, 6.45) is -4.61. The molecule has 0 heterocycles. The molecule has 0 aromatic rings. The monoisotopic (exact) mass is 272 g/mol. The molecule has 0 amide bonds. The van der Waals surface area contributed by atoms with Crippen LogP contribution >= 0.6 is 0 Å². The van der Waals surface area contributed by atoms with Crippen LogP contribution in [0.5, 0.6) is 0 Å². The van der Waals surface area contributed by atoms with Gasteiger partial charge in [-0.2, -0.15) is 0 Å². The molecule has 0 unspecified atom stereocenters. The molecule has 4 atom stereocenters. The molecular formula is C10H12F4O4. The lowest BCUT2D eigenvalue weighted by Crippen LogP contribution is -2.04. The highest BCUT2D eigenvalue weighted by Gasteiger charge is 2.49. The van der Waals surface area contributed by atoms with Crippen molar-refractivity contribution < 1.29 is 37.4 Å². The topological polar surface area (TPSA) is 74.6 Å². The Morgan fingerprint density at radius 3 is 1.17 bits per heavy atom. The van der Waals surface area contributed by atoms with Crippen molar-refractivity contribution in [3.05, 3.63) is 0 Å². The van der Waals surface area contributed by atoms with Crippen molar-refractivity contribution in [2.45, 2.75) is 25.7 Å². The summed E-state index contributed by atoms with van der Waals surface area (Å²) in [4.78, 5) is 19.9. The maximum Gasteiger partial charge on any atom is 0.307 e. The summed E-state index contributed by atoms with van der Waals surface area (Å²) < 4.78 is 46.3. The van der Waals surface area contributed by atoms with E-state index in [0.717, 1.165) is 0 Å². The fourth-order valence-corrected chi connectivity index (χ4v) is 1.55. The number of carboxylic acid groups (broad SMARTS) is 2. The number of hydrogen-bond donors (Lipinski definition) is 2. The van der Waals surface area contributed by atoms with Crippen LogP contribution in [-0.4, -0.2) is 35.0 Å². The Balaban J connectivity index is 0.000000180. The molecule has 0 aliphatic heterocycles. The molecule has 0 aromatic heterocycles. The molecule has 2 saturated carbocycles. The number of rotatable bonds is 4. The molecule has 2 aliphatic carbocycles. The van der Waals surface area contributed by atoms with E-state index in [9.17, 15) is 27.2 Å². The second-order valence-electron chi connectivity index (χ2n) is 4.36. The van der Waals surface area contributed by atoms with Gasteiger partial charge in [-0.05, 0) is 12.8 Å². The molecule has 2 aliphatic rings. The maximum atomic E-state index is 11.6. The molecular weight excluding hydrogens is 260 g/mol. The van der Waals surface area contributed by atoms with Gasteiger partial charge < -0.3 is 10.2 Å². The first-order valence-corrected chi connectivity index (χ1v) is 5.27. The van der Waals surface area contributed by atoms with E-state index in [4.69, 9.17) is 10.2 Å². The Kier molecular flexibility index (Phi) is 4.53. The van der Waals surface area contributed by atoms with Crippen LogP contribution in [-0.2, 0) is 9.59 Å². The van der Waals surface area contributed by atoms with Crippen LogP contribution in [0.3, 0.4) is 0 Å². The lowest BCUT2D eigenvalue weighted by Gasteiger charge is -1.90. The predicted molar refractivity (Wildman–Crippen MR) is 50.5 cm³/mol. The third-order valence-corrected chi connectivity index (χ3v) is 2.96. The Bertz CT molecular complexity index is 302. The summed E-state index contributed by atoms with van der Waals surface area (Å²) in [6, 6.07) is 0. The van der Waals surface area contributed by atoms with Crippen molar-refractivity contribution in [1.82, 2.24) is 0 Å². The van der Waals surface area contributed by atoms with Gasteiger partial charge in [0.25, 0.3) is 0 Å². The van der Waals surface area contributed by atoms with E-state index < -0.39 is 48.5 Å². The van der Waals surface area contributed by atoms with Crippen molar-refractivity contribution in [2.24, 2.45) is 23.7 Å². The molecule has 2 N–H and O–H groups in total. The summed E-state index contributed by atoms with van der Waals surface area (Å²) in [6.45, 7) is 0. The van der Waals surface area contributed by atoms with Crippen LogP contribution < -0.4 is 0 Å². The number of carboxylic acids is 2. The van der Waals surface area contributed by atoms with Gasteiger partial charge in [-0.3, -0.25) is 9.59 Å². The van der Waals surface area contributed by atoms with Crippen LogP contribution in [0.1, 0.15) is 12.8 Å². The van der Waals surface area contributed by atoms with E-state index in [1.807, 2.05) is 0 Å². The summed E-state index contributed by atoms with van der Waals surface area (Å²) in [5.41, 5.74) is 0. The molecule has 4 nitrogen and oxygen atoms in total. The summed E-state index contributed by atoms with van der Waals surface area (Å²) >= 11 is 0. The van der Waals surface area contributed by atoms with Crippen molar-refractivity contribution >= 4 is 11.9 Å². The third-order valence-electron chi connectivity index (χ3n) is 2.96. The number of alkyl halides is 4. The highest BCUT2D eigenvalue weighted by Crippen LogP contribution is 2.43. The fourth-order valence-electron chi connectivity index (χ4n) is 1.55. The summed E-state index contributed by atoms with van der Waals surface area (Å²) in [5, 5.41) is 16.3. The number of hydrogen-bond acceptors (Lipinski definition) is 2. The van der Waals surface area contributed by atoms with E-state index in [1.165, 1.54) is 0 Å². The first-order chi connectivity index (χ1) is 8.25. The predicted octanol–water partition coefficient (Wildman–Crippen LogP) is 1.94. The third kappa shape index (κ3) is 3.85. The minimum atomic E-state index is -2.45. The normalized spacial score (nSPS) is 32.8. The van der Waals surface area contributed by atoms with Crippen molar-refractivity contribution in [3.63, 3.8) is 0 Å². The van der Waals surface area contributed by atoms with Gasteiger partial charge >= 0.3 is 11.9 Å². The molecule has 104 valence electrons. The zero-order chi connectivity index (χ0) is 14.0. The standard InChI is InChI=1S/2C5H6F2O2/c2*6-4(7)2-1-3(2)5(8)9/h2*2-4H,1H2,(H,8,9)/t2*2-,3+/m10/s1. The molecule has 18 heavy (non-hydrogen) atoms. The van der Waals surface area contributed by atoms with Crippen LogP contribution in [0, 0.1) is 23.7 Å². The van der Waals surface area contributed by atoms with Crippen LogP contribution in [0.15, 0.2) is 0 Å². The first-order valence-electron chi connectivity index (χ1n) is 5.27. The minimum absolute atomic E-state index is 0.146. The largest absolute Gasteiger partial charge is 0.481 e. The van der Waals surface area contributed by atoms with Gasteiger partial charge in [0, 0.05) is 11.8 Å². The van der Waals surface area contributed by atoms with Crippen LogP contribution in [0.2, 0.25) is 0 Å². The van der Waals surface area contributed by atoms with Gasteiger partial charge in [-0.1, -0.05) is 0 Å². The number of aliphatic carboxylic acids is 2. The Morgan fingerprint density at radius 2 is 1.11 bits per heavy atom. The lowest BCUT2D eigenvalue weighted by atomic mass is 10.3. The summed E-state index contributed by atoms with van der Waals surface area (Å²) in [5.74, 6) is -5.49.